The van der Waals surface area contributed by atoms with E-state index in [2.05, 4.69) is 56.0 Å². The highest BCUT2D eigenvalue weighted by molar-refractivity contribution is 5.11. The fourth-order valence-electron chi connectivity index (χ4n) is 2.39. The number of nitrogens with two attached hydrogens (primary N) is 1. The zero-order valence-electron chi connectivity index (χ0n) is 13.7. The highest BCUT2D eigenvalue weighted by Crippen LogP contribution is 2.20. The summed E-state index contributed by atoms with van der Waals surface area (Å²) in [6, 6.07) is 0.262. The van der Waals surface area contributed by atoms with E-state index in [0.717, 1.165) is 26.2 Å². The van der Waals surface area contributed by atoms with E-state index in [-0.39, 0.29) is 6.04 Å². The van der Waals surface area contributed by atoms with Crippen LogP contribution in [0.1, 0.15) is 32.4 Å². The second-order valence-electron chi connectivity index (χ2n) is 6.07. The maximum absolute atomic E-state index is 6.05. The van der Waals surface area contributed by atoms with E-state index in [1.54, 1.807) is 0 Å². The SMILES string of the molecule is CCn1cc(C(CN)N(CCN(C)C)CC(C)C)cn1. The molecule has 1 heterocycles. The molecule has 1 unspecified atom stereocenters. The van der Waals surface area contributed by atoms with Crippen molar-refractivity contribution >= 4 is 0 Å². The molecular formula is C15H31N5. The summed E-state index contributed by atoms with van der Waals surface area (Å²) in [5.41, 5.74) is 7.28. The Kier molecular flexibility index (Phi) is 7.19. The molecule has 0 radical (unpaired) electrons. The van der Waals surface area contributed by atoms with Crippen LogP contribution in [0.5, 0.6) is 0 Å². The summed E-state index contributed by atoms with van der Waals surface area (Å²) >= 11 is 0. The van der Waals surface area contributed by atoms with Gasteiger partial charge in [0.15, 0.2) is 0 Å². The minimum absolute atomic E-state index is 0.262. The van der Waals surface area contributed by atoms with Crippen molar-refractivity contribution in [1.29, 1.82) is 0 Å². The summed E-state index contributed by atoms with van der Waals surface area (Å²) in [6.45, 7) is 11.3. The molecule has 0 aliphatic carbocycles. The molecule has 0 bridgehead atoms. The van der Waals surface area contributed by atoms with Gasteiger partial charge in [-0.15, -0.1) is 0 Å². The molecule has 0 aromatic carbocycles. The van der Waals surface area contributed by atoms with E-state index < -0.39 is 0 Å². The van der Waals surface area contributed by atoms with E-state index in [1.165, 1.54) is 5.56 Å². The molecule has 0 saturated heterocycles. The van der Waals surface area contributed by atoms with Gasteiger partial charge in [-0.05, 0) is 26.9 Å². The number of likely N-dealkylation sites (N-methyl/N-ethyl adjacent to an activating group) is 1. The smallest absolute Gasteiger partial charge is 0.0538 e. The molecule has 5 heteroatoms. The lowest BCUT2D eigenvalue weighted by Crippen LogP contribution is -2.40. The monoisotopic (exact) mass is 281 g/mol. The molecule has 5 nitrogen and oxygen atoms in total. The maximum atomic E-state index is 6.05. The van der Waals surface area contributed by atoms with Gasteiger partial charge in [0.2, 0.25) is 0 Å². The number of rotatable bonds is 9. The van der Waals surface area contributed by atoms with E-state index in [1.807, 2.05) is 10.9 Å². The second kappa shape index (κ2) is 8.39. The Bertz CT molecular complexity index is 372. The Morgan fingerprint density at radius 2 is 2.00 bits per heavy atom. The van der Waals surface area contributed by atoms with Crippen LogP contribution in [0.2, 0.25) is 0 Å². The molecule has 0 saturated carbocycles. The van der Waals surface area contributed by atoms with Gasteiger partial charge in [0.05, 0.1) is 12.2 Å². The summed E-state index contributed by atoms with van der Waals surface area (Å²) in [5, 5.41) is 4.38. The molecule has 1 aromatic rings. The van der Waals surface area contributed by atoms with Crippen LogP contribution in [0.3, 0.4) is 0 Å². The number of hydrogen-bond acceptors (Lipinski definition) is 4. The first-order chi connectivity index (χ1) is 9.47. The topological polar surface area (TPSA) is 50.3 Å². The largest absolute Gasteiger partial charge is 0.329 e. The predicted molar refractivity (Wildman–Crippen MR) is 84.7 cm³/mol. The first-order valence-corrected chi connectivity index (χ1v) is 7.59. The van der Waals surface area contributed by atoms with Crippen molar-refractivity contribution in [1.82, 2.24) is 19.6 Å². The fourth-order valence-corrected chi connectivity index (χ4v) is 2.39. The van der Waals surface area contributed by atoms with E-state index in [4.69, 9.17) is 5.73 Å². The van der Waals surface area contributed by atoms with Crippen LogP contribution in [-0.2, 0) is 6.54 Å². The lowest BCUT2D eigenvalue weighted by atomic mass is 10.1. The third-order valence-electron chi connectivity index (χ3n) is 3.46. The van der Waals surface area contributed by atoms with Gasteiger partial charge in [-0.2, -0.15) is 5.10 Å². The summed E-state index contributed by atoms with van der Waals surface area (Å²) in [6.07, 6.45) is 4.09. The zero-order valence-corrected chi connectivity index (χ0v) is 13.7. The zero-order chi connectivity index (χ0) is 15.1. The highest BCUT2D eigenvalue weighted by atomic mass is 15.3. The van der Waals surface area contributed by atoms with Crippen molar-refractivity contribution in [3.8, 4) is 0 Å². The van der Waals surface area contributed by atoms with Gasteiger partial charge in [-0.3, -0.25) is 9.58 Å². The average Bonchev–Trinajstić information content (AvgIpc) is 2.84. The van der Waals surface area contributed by atoms with Gasteiger partial charge < -0.3 is 10.6 Å². The summed E-state index contributed by atoms with van der Waals surface area (Å²) in [7, 11) is 4.22. The van der Waals surface area contributed by atoms with Crippen LogP contribution in [0, 0.1) is 5.92 Å². The molecule has 0 amide bonds. The fraction of sp³-hybridized carbons (Fsp3) is 0.800. The second-order valence-corrected chi connectivity index (χ2v) is 6.07. The van der Waals surface area contributed by atoms with Gasteiger partial charge in [0.25, 0.3) is 0 Å². The van der Waals surface area contributed by atoms with Gasteiger partial charge >= 0.3 is 0 Å². The minimum atomic E-state index is 0.262. The molecule has 2 N–H and O–H groups in total. The lowest BCUT2D eigenvalue weighted by Gasteiger charge is -2.32. The number of hydrogen-bond donors (Lipinski definition) is 1. The van der Waals surface area contributed by atoms with Crippen molar-refractivity contribution < 1.29 is 0 Å². The summed E-state index contributed by atoms with van der Waals surface area (Å²) in [5.74, 6) is 0.632. The van der Waals surface area contributed by atoms with E-state index in [9.17, 15) is 0 Å². The Labute approximate surface area is 123 Å². The van der Waals surface area contributed by atoms with Crippen molar-refractivity contribution in [2.24, 2.45) is 11.7 Å². The molecular weight excluding hydrogens is 250 g/mol. The molecule has 0 spiro atoms. The van der Waals surface area contributed by atoms with Crippen molar-refractivity contribution in [2.45, 2.75) is 33.4 Å². The molecule has 116 valence electrons. The third-order valence-corrected chi connectivity index (χ3v) is 3.46. The lowest BCUT2D eigenvalue weighted by molar-refractivity contribution is 0.163. The van der Waals surface area contributed by atoms with Crippen LogP contribution < -0.4 is 5.73 Å². The van der Waals surface area contributed by atoms with Crippen LogP contribution >= 0.6 is 0 Å². The van der Waals surface area contributed by atoms with Crippen molar-refractivity contribution in [3.63, 3.8) is 0 Å². The van der Waals surface area contributed by atoms with Crippen molar-refractivity contribution in [3.05, 3.63) is 18.0 Å². The van der Waals surface area contributed by atoms with Crippen LogP contribution in [0.15, 0.2) is 12.4 Å². The van der Waals surface area contributed by atoms with Gasteiger partial charge in [-0.25, -0.2) is 0 Å². The molecule has 1 rings (SSSR count). The standard InChI is InChI=1S/C15H31N5/c1-6-20-12-14(10-17-20)15(9-16)19(11-13(2)3)8-7-18(4)5/h10,12-13,15H,6-9,11,16H2,1-5H3. The van der Waals surface area contributed by atoms with Gasteiger partial charge in [0.1, 0.15) is 0 Å². The van der Waals surface area contributed by atoms with Crippen LogP contribution in [0.25, 0.3) is 0 Å². The highest BCUT2D eigenvalue weighted by Gasteiger charge is 2.21. The number of aryl methyl sites for hydroxylation is 1. The van der Waals surface area contributed by atoms with Crippen LogP contribution in [0.4, 0.5) is 0 Å². The Morgan fingerprint density at radius 3 is 2.45 bits per heavy atom. The molecule has 0 fully saturated rings. The van der Waals surface area contributed by atoms with E-state index in [0.29, 0.717) is 12.5 Å². The van der Waals surface area contributed by atoms with Gasteiger partial charge in [-0.1, -0.05) is 13.8 Å². The molecule has 20 heavy (non-hydrogen) atoms. The molecule has 1 atom stereocenters. The number of nitrogens with zero attached hydrogens (tertiary/aromatic N) is 4. The summed E-state index contributed by atoms with van der Waals surface area (Å²) in [4.78, 5) is 4.71. The Balaban J connectivity index is 2.82. The summed E-state index contributed by atoms with van der Waals surface area (Å²) < 4.78 is 1.97. The minimum Gasteiger partial charge on any atom is -0.329 e. The van der Waals surface area contributed by atoms with Gasteiger partial charge in [0, 0.05) is 44.5 Å². The van der Waals surface area contributed by atoms with Crippen molar-refractivity contribution in [2.75, 3.05) is 40.3 Å². The first-order valence-electron chi connectivity index (χ1n) is 7.59. The molecule has 0 aliphatic heterocycles. The Morgan fingerprint density at radius 1 is 1.30 bits per heavy atom. The predicted octanol–water partition coefficient (Wildman–Crippen LogP) is 1.42. The molecule has 1 aromatic heterocycles. The third kappa shape index (κ3) is 5.23. The number of aromatic nitrogens is 2. The van der Waals surface area contributed by atoms with Crippen LogP contribution in [-0.4, -0.2) is 59.9 Å². The quantitative estimate of drug-likeness (QED) is 0.744. The molecule has 0 aliphatic rings. The first kappa shape index (κ1) is 17.1. The maximum Gasteiger partial charge on any atom is 0.0538 e. The average molecular weight is 281 g/mol. The Hall–Kier alpha value is -0.910. The normalized spacial score (nSPS) is 13.7. The van der Waals surface area contributed by atoms with E-state index >= 15 is 0 Å².